The molecule has 2 amide bonds. The number of hydrogen-bond donors (Lipinski definition) is 1. The van der Waals surface area contributed by atoms with Gasteiger partial charge in [0.2, 0.25) is 11.8 Å². The van der Waals surface area contributed by atoms with Crippen LogP contribution in [0.5, 0.6) is 0 Å². The molecule has 0 aliphatic carbocycles. The predicted octanol–water partition coefficient (Wildman–Crippen LogP) is 2.58. The number of nitrogens with zero attached hydrogens (tertiary/aromatic N) is 2. The molecule has 1 aromatic carbocycles. The molecule has 0 saturated carbocycles. The molecule has 5 nitrogen and oxygen atoms in total. The second kappa shape index (κ2) is 6.56. The van der Waals surface area contributed by atoms with Gasteiger partial charge in [-0.1, -0.05) is 24.6 Å². The fraction of sp³-hybridized carbons (Fsp3) is 0.353. The third kappa shape index (κ3) is 3.24. The number of hydrogen-bond acceptors (Lipinski definition) is 3. The second-order valence-electron chi connectivity index (χ2n) is 5.55. The van der Waals surface area contributed by atoms with E-state index < -0.39 is 0 Å². The highest BCUT2D eigenvalue weighted by Crippen LogP contribution is 2.20. The molecule has 22 heavy (non-hydrogen) atoms. The maximum Gasteiger partial charge on any atom is 0.244 e. The number of benzene rings is 1. The molecule has 1 aliphatic heterocycles. The highest BCUT2D eigenvalue weighted by molar-refractivity contribution is 6.01. The molecular formula is C17H19N3O2. The molecular weight excluding hydrogens is 278 g/mol. The summed E-state index contributed by atoms with van der Waals surface area (Å²) < 4.78 is 0. The van der Waals surface area contributed by atoms with Gasteiger partial charge < -0.3 is 10.2 Å². The largest absolute Gasteiger partial charge is 0.333 e. The number of anilines is 1. The molecule has 0 spiro atoms. The van der Waals surface area contributed by atoms with Crippen LogP contribution in [0.4, 0.5) is 5.69 Å². The van der Waals surface area contributed by atoms with E-state index in [1.807, 2.05) is 30.3 Å². The highest BCUT2D eigenvalue weighted by atomic mass is 16.2. The van der Waals surface area contributed by atoms with Crippen LogP contribution in [-0.2, 0) is 9.59 Å². The van der Waals surface area contributed by atoms with Crippen molar-refractivity contribution in [2.24, 2.45) is 0 Å². The number of carbonyl (C=O) groups excluding carboxylic acids is 2. The number of rotatable bonds is 3. The Balaban J connectivity index is 1.72. The summed E-state index contributed by atoms with van der Waals surface area (Å²) in [4.78, 5) is 30.2. The smallest absolute Gasteiger partial charge is 0.244 e. The van der Waals surface area contributed by atoms with Crippen LogP contribution in [0.2, 0.25) is 0 Å². The molecule has 0 bridgehead atoms. The SMILES string of the molecule is O=C(CN1CCCCCC1=O)Nc1cccc2cccnc12. The number of aromatic nitrogens is 1. The Kier molecular flexibility index (Phi) is 4.32. The highest BCUT2D eigenvalue weighted by Gasteiger charge is 2.19. The van der Waals surface area contributed by atoms with Crippen LogP contribution < -0.4 is 5.32 Å². The molecule has 1 aromatic heterocycles. The lowest BCUT2D eigenvalue weighted by atomic mass is 10.2. The topological polar surface area (TPSA) is 62.3 Å². The molecule has 2 aromatic rings. The quantitative estimate of drug-likeness (QED) is 0.947. The van der Waals surface area contributed by atoms with Gasteiger partial charge in [-0.05, 0) is 25.0 Å². The summed E-state index contributed by atoms with van der Waals surface area (Å²) in [7, 11) is 0. The van der Waals surface area contributed by atoms with Crippen LogP contribution in [0.15, 0.2) is 36.5 Å². The van der Waals surface area contributed by atoms with E-state index >= 15 is 0 Å². The predicted molar refractivity (Wildman–Crippen MR) is 85.4 cm³/mol. The maximum absolute atomic E-state index is 12.2. The summed E-state index contributed by atoms with van der Waals surface area (Å²) in [6.07, 6.45) is 5.19. The minimum atomic E-state index is -0.173. The monoisotopic (exact) mass is 297 g/mol. The zero-order valence-corrected chi connectivity index (χ0v) is 12.4. The van der Waals surface area contributed by atoms with Crippen molar-refractivity contribution in [3.63, 3.8) is 0 Å². The average Bonchev–Trinajstić information content (AvgIpc) is 2.73. The zero-order valence-electron chi connectivity index (χ0n) is 12.4. The van der Waals surface area contributed by atoms with E-state index in [-0.39, 0.29) is 18.4 Å². The molecule has 0 atom stereocenters. The first-order chi connectivity index (χ1) is 10.7. The lowest BCUT2D eigenvalue weighted by molar-refractivity contribution is -0.134. The van der Waals surface area contributed by atoms with E-state index in [9.17, 15) is 9.59 Å². The minimum Gasteiger partial charge on any atom is -0.333 e. The molecule has 5 heteroatoms. The number of likely N-dealkylation sites (tertiary alicyclic amines) is 1. The summed E-state index contributed by atoms with van der Waals surface area (Å²) in [6, 6.07) is 9.49. The Morgan fingerprint density at radius 1 is 1.18 bits per heavy atom. The van der Waals surface area contributed by atoms with Gasteiger partial charge in [0.15, 0.2) is 0 Å². The lowest BCUT2D eigenvalue weighted by Gasteiger charge is -2.20. The van der Waals surface area contributed by atoms with Crippen molar-refractivity contribution in [1.82, 2.24) is 9.88 Å². The van der Waals surface area contributed by atoms with Crippen molar-refractivity contribution in [1.29, 1.82) is 0 Å². The van der Waals surface area contributed by atoms with E-state index in [4.69, 9.17) is 0 Å². The van der Waals surface area contributed by atoms with Crippen LogP contribution in [0.1, 0.15) is 25.7 Å². The summed E-state index contributed by atoms with van der Waals surface area (Å²) >= 11 is 0. The summed E-state index contributed by atoms with van der Waals surface area (Å²) in [6.45, 7) is 0.780. The van der Waals surface area contributed by atoms with Crippen molar-refractivity contribution in [2.75, 3.05) is 18.4 Å². The van der Waals surface area contributed by atoms with E-state index in [0.717, 1.165) is 30.2 Å². The van der Waals surface area contributed by atoms with Gasteiger partial charge in [0.25, 0.3) is 0 Å². The molecule has 1 aliphatic rings. The molecule has 1 saturated heterocycles. The van der Waals surface area contributed by atoms with Crippen LogP contribution >= 0.6 is 0 Å². The molecule has 1 N–H and O–H groups in total. The number of pyridine rings is 1. The van der Waals surface area contributed by atoms with Gasteiger partial charge in [-0.25, -0.2) is 0 Å². The van der Waals surface area contributed by atoms with Gasteiger partial charge >= 0.3 is 0 Å². The van der Waals surface area contributed by atoms with Crippen LogP contribution in [0.3, 0.4) is 0 Å². The van der Waals surface area contributed by atoms with Crippen molar-refractivity contribution >= 4 is 28.4 Å². The second-order valence-corrected chi connectivity index (χ2v) is 5.55. The van der Waals surface area contributed by atoms with Crippen LogP contribution in [0.25, 0.3) is 10.9 Å². The van der Waals surface area contributed by atoms with Crippen molar-refractivity contribution in [2.45, 2.75) is 25.7 Å². The van der Waals surface area contributed by atoms with Gasteiger partial charge in [-0.15, -0.1) is 0 Å². The van der Waals surface area contributed by atoms with Crippen molar-refractivity contribution in [3.05, 3.63) is 36.5 Å². The lowest BCUT2D eigenvalue weighted by Crippen LogP contribution is -2.37. The summed E-state index contributed by atoms with van der Waals surface area (Å²) in [5.41, 5.74) is 1.45. The number of fused-ring (bicyclic) bond motifs is 1. The number of para-hydroxylation sites is 1. The van der Waals surface area contributed by atoms with Crippen molar-refractivity contribution < 1.29 is 9.59 Å². The van der Waals surface area contributed by atoms with E-state index in [2.05, 4.69) is 10.3 Å². The molecule has 0 radical (unpaired) electrons. The average molecular weight is 297 g/mol. The Labute approximate surface area is 129 Å². The molecule has 3 rings (SSSR count). The first kappa shape index (κ1) is 14.5. The Morgan fingerprint density at radius 3 is 2.95 bits per heavy atom. The van der Waals surface area contributed by atoms with Gasteiger partial charge in [-0.3, -0.25) is 14.6 Å². The first-order valence-corrected chi connectivity index (χ1v) is 7.65. The third-order valence-electron chi connectivity index (χ3n) is 3.91. The van der Waals surface area contributed by atoms with E-state index in [0.29, 0.717) is 18.7 Å². The molecule has 2 heterocycles. The maximum atomic E-state index is 12.2. The first-order valence-electron chi connectivity index (χ1n) is 7.65. The Bertz CT molecular complexity index is 694. The number of nitrogens with one attached hydrogen (secondary N) is 1. The van der Waals surface area contributed by atoms with Gasteiger partial charge in [-0.2, -0.15) is 0 Å². The normalized spacial score (nSPS) is 15.6. The van der Waals surface area contributed by atoms with Crippen molar-refractivity contribution in [3.8, 4) is 0 Å². The number of amides is 2. The fourth-order valence-electron chi connectivity index (χ4n) is 2.77. The zero-order chi connectivity index (χ0) is 15.4. The van der Waals surface area contributed by atoms with E-state index in [1.165, 1.54) is 0 Å². The fourth-order valence-corrected chi connectivity index (χ4v) is 2.77. The minimum absolute atomic E-state index is 0.0729. The summed E-state index contributed by atoms with van der Waals surface area (Å²) in [5, 5.41) is 3.86. The molecule has 114 valence electrons. The van der Waals surface area contributed by atoms with Gasteiger partial charge in [0.1, 0.15) is 0 Å². The van der Waals surface area contributed by atoms with E-state index in [1.54, 1.807) is 11.1 Å². The van der Waals surface area contributed by atoms with Crippen LogP contribution in [-0.4, -0.2) is 34.8 Å². The molecule has 0 unspecified atom stereocenters. The van der Waals surface area contributed by atoms with Gasteiger partial charge in [0.05, 0.1) is 17.7 Å². The molecule has 1 fully saturated rings. The number of carbonyl (C=O) groups is 2. The summed E-state index contributed by atoms with van der Waals surface area (Å²) in [5.74, 6) is -0.0999. The Hall–Kier alpha value is -2.43. The third-order valence-corrected chi connectivity index (χ3v) is 3.91. The van der Waals surface area contributed by atoms with Crippen LogP contribution in [0, 0.1) is 0 Å². The van der Waals surface area contributed by atoms with Gasteiger partial charge in [0, 0.05) is 24.5 Å². The Morgan fingerprint density at radius 2 is 2.05 bits per heavy atom. The standard InChI is InChI=1S/C17H19N3O2/c21-15(12-20-11-3-1-2-9-16(20)22)19-14-8-4-6-13-7-5-10-18-17(13)14/h4-8,10H,1-3,9,11-12H2,(H,19,21).